The van der Waals surface area contributed by atoms with Gasteiger partial charge in [0, 0.05) is 9.13 Å². The van der Waals surface area contributed by atoms with E-state index in [4.69, 9.17) is 0 Å². The number of rotatable bonds is 3. The van der Waals surface area contributed by atoms with Crippen LogP contribution in [-0.2, 0) is 5.54 Å². The van der Waals surface area contributed by atoms with Crippen LogP contribution in [0.4, 0.5) is 0 Å². The molecule has 0 bridgehead atoms. The van der Waals surface area contributed by atoms with Crippen LogP contribution in [0.15, 0.2) is 54.6 Å². The van der Waals surface area contributed by atoms with E-state index in [2.05, 4.69) is 27.9 Å². The van der Waals surface area contributed by atoms with Gasteiger partial charge in [0.05, 0.1) is 5.54 Å². The summed E-state index contributed by atoms with van der Waals surface area (Å²) in [4.78, 5) is 12.2. The maximum atomic E-state index is 12.2. The second-order valence-corrected chi connectivity index (χ2v) is 6.20. The summed E-state index contributed by atoms with van der Waals surface area (Å²) in [6.45, 7) is 4.01. The lowest BCUT2D eigenvalue weighted by atomic mass is 9.94. The van der Waals surface area contributed by atoms with Crippen molar-refractivity contribution in [3.8, 4) is 0 Å². The van der Waals surface area contributed by atoms with Gasteiger partial charge in [-0.15, -0.1) is 0 Å². The van der Waals surface area contributed by atoms with Gasteiger partial charge in [-0.1, -0.05) is 30.3 Å². The molecule has 0 radical (unpaired) electrons. The van der Waals surface area contributed by atoms with Crippen LogP contribution in [0.25, 0.3) is 0 Å². The summed E-state index contributed by atoms with van der Waals surface area (Å²) < 4.78 is 1.12. The molecule has 19 heavy (non-hydrogen) atoms. The lowest BCUT2D eigenvalue weighted by Gasteiger charge is -2.27. The molecule has 2 aromatic carbocycles. The van der Waals surface area contributed by atoms with Gasteiger partial charge in [0.25, 0.3) is 5.91 Å². The molecule has 0 fully saturated rings. The van der Waals surface area contributed by atoms with E-state index in [9.17, 15) is 4.79 Å². The molecule has 0 heterocycles. The first-order chi connectivity index (χ1) is 8.99. The van der Waals surface area contributed by atoms with E-state index in [0.717, 1.165) is 9.13 Å². The maximum Gasteiger partial charge on any atom is 0.251 e. The Labute approximate surface area is 127 Å². The van der Waals surface area contributed by atoms with Crippen LogP contribution in [-0.4, -0.2) is 5.91 Å². The van der Waals surface area contributed by atoms with E-state index in [0.29, 0.717) is 5.56 Å². The van der Waals surface area contributed by atoms with Crippen LogP contribution in [0.3, 0.4) is 0 Å². The van der Waals surface area contributed by atoms with Gasteiger partial charge in [0.2, 0.25) is 0 Å². The van der Waals surface area contributed by atoms with Gasteiger partial charge in [-0.25, -0.2) is 0 Å². The van der Waals surface area contributed by atoms with Gasteiger partial charge in [0.15, 0.2) is 0 Å². The van der Waals surface area contributed by atoms with E-state index in [1.165, 1.54) is 0 Å². The molecule has 3 heteroatoms. The van der Waals surface area contributed by atoms with E-state index >= 15 is 0 Å². The number of hydrogen-bond donors (Lipinski definition) is 1. The van der Waals surface area contributed by atoms with Gasteiger partial charge in [0.1, 0.15) is 0 Å². The number of halogens is 1. The first-order valence-corrected chi connectivity index (χ1v) is 7.20. The van der Waals surface area contributed by atoms with Crippen LogP contribution < -0.4 is 5.32 Å². The van der Waals surface area contributed by atoms with Crippen molar-refractivity contribution in [1.29, 1.82) is 0 Å². The molecule has 0 aromatic heterocycles. The third kappa shape index (κ3) is 3.56. The van der Waals surface area contributed by atoms with Crippen LogP contribution in [0, 0.1) is 3.57 Å². The van der Waals surface area contributed by atoms with Crippen molar-refractivity contribution in [2.75, 3.05) is 0 Å². The number of carbonyl (C=O) groups excluding carboxylic acids is 1. The molecule has 2 rings (SSSR count). The molecule has 98 valence electrons. The monoisotopic (exact) mass is 365 g/mol. The Morgan fingerprint density at radius 3 is 2.16 bits per heavy atom. The lowest BCUT2D eigenvalue weighted by Crippen LogP contribution is -2.40. The summed E-state index contributed by atoms with van der Waals surface area (Å²) >= 11 is 2.23. The Morgan fingerprint density at radius 1 is 1.00 bits per heavy atom. The van der Waals surface area contributed by atoms with E-state index in [1.807, 2.05) is 68.4 Å². The normalized spacial score (nSPS) is 11.1. The van der Waals surface area contributed by atoms with Crippen molar-refractivity contribution in [2.24, 2.45) is 0 Å². The first kappa shape index (κ1) is 14.1. The number of hydrogen-bond acceptors (Lipinski definition) is 1. The zero-order chi connectivity index (χ0) is 13.9. The van der Waals surface area contributed by atoms with Crippen molar-refractivity contribution in [3.63, 3.8) is 0 Å². The second-order valence-electron chi connectivity index (χ2n) is 4.95. The van der Waals surface area contributed by atoms with E-state index < -0.39 is 0 Å². The molecule has 0 atom stereocenters. The van der Waals surface area contributed by atoms with Crippen LogP contribution in [0.1, 0.15) is 29.8 Å². The highest BCUT2D eigenvalue weighted by atomic mass is 127. The van der Waals surface area contributed by atoms with Crippen LogP contribution in [0.5, 0.6) is 0 Å². The van der Waals surface area contributed by atoms with Crippen molar-refractivity contribution >= 4 is 28.5 Å². The molecule has 1 amide bonds. The second kappa shape index (κ2) is 5.74. The number of carbonyl (C=O) groups is 1. The summed E-state index contributed by atoms with van der Waals surface area (Å²) in [5.74, 6) is -0.0507. The predicted octanol–water partition coefficient (Wildman–Crippen LogP) is 3.96. The zero-order valence-corrected chi connectivity index (χ0v) is 13.1. The highest BCUT2D eigenvalue weighted by Crippen LogP contribution is 2.20. The molecule has 0 aliphatic heterocycles. The van der Waals surface area contributed by atoms with Crippen molar-refractivity contribution in [1.82, 2.24) is 5.32 Å². The smallest absolute Gasteiger partial charge is 0.251 e. The Morgan fingerprint density at radius 2 is 1.58 bits per heavy atom. The zero-order valence-electron chi connectivity index (χ0n) is 11.0. The van der Waals surface area contributed by atoms with E-state index in [1.54, 1.807) is 0 Å². The minimum absolute atomic E-state index is 0.0507. The summed E-state index contributed by atoms with van der Waals surface area (Å²) in [5.41, 5.74) is 1.39. The molecular weight excluding hydrogens is 349 g/mol. The fraction of sp³-hybridized carbons (Fsp3) is 0.188. The Balaban J connectivity index is 2.16. The fourth-order valence-electron chi connectivity index (χ4n) is 1.88. The molecule has 0 aliphatic rings. The Kier molecular flexibility index (Phi) is 4.24. The highest BCUT2D eigenvalue weighted by molar-refractivity contribution is 14.1. The number of nitrogens with one attached hydrogen (secondary N) is 1. The minimum Gasteiger partial charge on any atom is -0.343 e. The third-order valence-corrected chi connectivity index (χ3v) is 3.75. The number of benzene rings is 2. The van der Waals surface area contributed by atoms with Gasteiger partial charge in [-0.05, 0) is 66.3 Å². The largest absolute Gasteiger partial charge is 0.343 e. The molecule has 2 aromatic rings. The molecule has 0 saturated heterocycles. The van der Waals surface area contributed by atoms with Gasteiger partial charge < -0.3 is 5.32 Å². The highest BCUT2D eigenvalue weighted by Gasteiger charge is 2.22. The van der Waals surface area contributed by atoms with Gasteiger partial charge >= 0.3 is 0 Å². The molecule has 0 spiro atoms. The standard InChI is InChI=1S/C16H16INO/c1-16(2,13-6-4-3-5-7-13)18-15(19)12-8-10-14(17)11-9-12/h3-11H,1-2H3,(H,18,19). The summed E-state index contributed by atoms with van der Waals surface area (Å²) in [6, 6.07) is 17.5. The quantitative estimate of drug-likeness (QED) is 0.820. The topological polar surface area (TPSA) is 29.1 Å². The average molecular weight is 365 g/mol. The third-order valence-electron chi connectivity index (χ3n) is 3.03. The lowest BCUT2D eigenvalue weighted by molar-refractivity contribution is 0.0912. The molecular formula is C16H16INO. The fourth-order valence-corrected chi connectivity index (χ4v) is 2.24. The molecule has 0 saturated carbocycles. The maximum absolute atomic E-state index is 12.2. The Bertz CT molecular complexity index is 561. The van der Waals surface area contributed by atoms with Gasteiger partial charge in [-0.3, -0.25) is 4.79 Å². The first-order valence-electron chi connectivity index (χ1n) is 6.13. The van der Waals surface area contributed by atoms with Crippen molar-refractivity contribution in [2.45, 2.75) is 19.4 Å². The van der Waals surface area contributed by atoms with E-state index in [-0.39, 0.29) is 11.4 Å². The summed E-state index contributed by atoms with van der Waals surface area (Å²) in [6.07, 6.45) is 0. The van der Waals surface area contributed by atoms with Crippen molar-refractivity contribution < 1.29 is 4.79 Å². The van der Waals surface area contributed by atoms with Gasteiger partial charge in [-0.2, -0.15) is 0 Å². The minimum atomic E-state index is -0.388. The SMILES string of the molecule is CC(C)(NC(=O)c1ccc(I)cc1)c1ccccc1. The molecule has 0 unspecified atom stereocenters. The summed E-state index contributed by atoms with van der Waals surface area (Å²) in [7, 11) is 0. The predicted molar refractivity (Wildman–Crippen MR) is 86.1 cm³/mol. The van der Waals surface area contributed by atoms with Crippen molar-refractivity contribution in [3.05, 3.63) is 69.3 Å². The Hall–Kier alpha value is -1.36. The summed E-state index contributed by atoms with van der Waals surface area (Å²) in [5, 5.41) is 3.07. The average Bonchev–Trinajstić information content (AvgIpc) is 2.40. The molecule has 2 nitrogen and oxygen atoms in total. The molecule has 0 aliphatic carbocycles. The van der Waals surface area contributed by atoms with Crippen LogP contribution in [0.2, 0.25) is 0 Å². The molecule has 1 N–H and O–H groups in total. The number of amides is 1. The van der Waals surface area contributed by atoms with Crippen LogP contribution >= 0.6 is 22.6 Å².